The van der Waals surface area contributed by atoms with Crippen molar-refractivity contribution in [2.24, 2.45) is 5.92 Å². The van der Waals surface area contributed by atoms with Gasteiger partial charge in [0.15, 0.2) is 5.78 Å². The van der Waals surface area contributed by atoms with Gasteiger partial charge in [-0.15, -0.1) is 0 Å². The molecule has 0 aliphatic carbocycles. The fraction of sp³-hybridized carbons (Fsp3) is 0.333. The number of benzene rings is 2. The molecule has 1 fully saturated rings. The second-order valence-electron chi connectivity index (χ2n) is 6.82. The fourth-order valence-corrected chi connectivity index (χ4v) is 3.29. The summed E-state index contributed by atoms with van der Waals surface area (Å²) in [6.07, 6.45) is 1.32. The number of hydrogen-bond acceptors (Lipinski definition) is 3. The molecule has 4 nitrogen and oxygen atoms in total. The monoisotopic (exact) mass is 337 g/mol. The number of aromatic hydroxyl groups is 1. The lowest BCUT2D eigenvalue weighted by molar-refractivity contribution is 0.0647. The molecule has 1 aliphatic heterocycles. The molecule has 4 heteroatoms. The van der Waals surface area contributed by atoms with E-state index in [4.69, 9.17) is 0 Å². The fourth-order valence-electron chi connectivity index (χ4n) is 3.29. The average molecular weight is 337 g/mol. The van der Waals surface area contributed by atoms with Crippen LogP contribution in [0.1, 0.15) is 44.7 Å². The first-order valence-corrected chi connectivity index (χ1v) is 8.65. The van der Waals surface area contributed by atoms with Crippen LogP contribution in [-0.4, -0.2) is 34.8 Å². The van der Waals surface area contributed by atoms with Gasteiger partial charge in [-0.3, -0.25) is 9.59 Å². The minimum atomic E-state index is -0.164. The van der Waals surface area contributed by atoms with Gasteiger partial charge in [0.05, 0.1) is 5.56 Å². The Hall–Kier alpha value is -2.62. The van der Waals surface area contributed by atoms with Gasteiger partial charge in [-0.05, 0) is 38.8 Å². The van der Waals surface area contributed by atoms with E-state index in [-0.39, 0.29) is 23.4 Å². The Morgan fingerprint density at radius 2 is 1.56 bits per heavy atom. The lowest BCUT2D eigenvalue weighted by atomic mass is 9.88. The third kappa shape index (κ3) is 3.73. The third-order valence-electron chi connectivity index (χ3n) is 4.87. The molecule has 1 heterocycles. The molecule has 0 unspecified atom stereocenters. The van der Waals surface area contributed by atoms with Gasteiger partial charge in [0.1, 0.15) is 5.75 Å². The molecule has 0 radical (unpaired) electrons. The second kappa shape index (κ2) is 7.09. The molecular weight excluding hydrogens is 314 g/mol. The van der Waals surface area contributed by atoms with Crippen molar-refractivity contribution in [1.29, 1.82) is 0 Å². The highest BCUT2D eigenvalue weighted by molar-refractivity contribution is 5.99. The van der Waals surface area contributed by atoms with Crippen LogP contribution in [-0.2, 0) is 0 Å². The van der Waals surface area contributed by atoms with Gasteiger partial charge >= 0.3 is 0 Å². The highest BCUT2D eigenvalue weighted by atomic mass is 16.3. The van der Waals surface area contributed by atoms with Crippen LogP contribution in [0.2, 0.25) is 0 Å². The van der Waals surface area contributed by atoms with Crippen molar-refractivity contribution in [2.45, 2.75) is 26.7 Å². The first kappa shape index (κ1) is 17.2. The Morgan fingerprint density at radius 3 is 2.20 bits per heavy atom. The van der Waals surface area contributed by atoms with Gasteiger partial charge in [0, 0.05) is 24.6 Å². The average Bonchev–Trinajstić information content (AvgIpc) is 2.63. The van der Waals surface area contributed by atoms with Crippen LogP contribution in [0.3, 0.4) is 0 Å². The van der Waals surface area contributed by atoms with E-state index < -0.39 is 0 Å². The predicted molar refractivity (Wildman–Crippen MR) is 97.0 cm³/mol. The summed E-state index contributed by atoms with van der Waals surface area (Å²) in [6, 6.07) is 12.7. The largest absolute Gasteiger partial charge is 0.507 e. The second-order valence-corrected chi connectivity index (χ2v) is 6.82. The topological polar surface area (TPSA) is 57.6 Å². The van der Waals surface area contributed by atoms with Crippen molar-refractivity contribution in [3.63, 3.8) is 0 Å². The van der Waals surface area contributed by atoms with Crippen molar-refractivity contribution in [3.8, 4) is 5.75 Å². The van der Waals surface area contributed by atoms with E-state index in [1.807, 2.05) is 38.1 Å². The normalized spacial score (nSPS) is 15.2. The van der Waals surface area contributed by atoms with Crippen molar-refractivity contribution in [2.75, 3.05) is 13.1 Å². The molecule has 2 aromatic rings. The van der Waals surface area contributed by atoms with Crippen molar-refractivity contribution in [1.82, 2.24) is 4.90 Å². The van der Waals surface area contributed by atoms with Crippen LogP contribution in [0.25, 0.3) is 0 Å². The number of likely N-dealkylation sites (tertiary alicyclic amines) is 1. The van der Waals surface area contributed by atoms with Crippen LogP contribution in [0.15, 0.2) is 42.5 Å². The number of Topliss-reactive ketones (excluding diaryl/α,β-unsaturated/α-hetero) is 1. The zero-order chi connectivity index (χ0) is 18.0. The summed E-state index contributed by atoms with van der Waals surface area (Å²) in [7, 11) is 0. The number of ketones is 1. The highest BCUT2D eigenvalue weighted by Crippen LogP contribution is 2.26. The Bertz CT molecular complexity index is 787. The SMILES string of the molecule is Cc1ccc(C(=O)C2CCN(C(=O)c3cc(C)ccc3O)CC2)cc1. The molecule has 1 amide bonds. The van der Waals surface area contributed by atoms with Gasteiger partial charge in [-0.1, -0.05) is 41.5 Å². The summed E-state index contributed by atoms with van der Waals surface area (Å²) in [4.78, 5) is 27.0. The standard InChI is InChI=1S/C21H23NO3/c1-14-3-6-16(7-4-14)20(24)17-9-11-22(12-10-17)21(25)18-13-15(2)5-8-19(18)23/h3-8,13,17,23H,9-12H2,1-2H3. The van der Waals surface area contributed by atoms with E-state index in [1.54, 1.807) is 23.1 Å². The molecule has 25 heavy (non-hydrogen) atoms. The number of phenolic OH excluding ortho intramolecular Hbond substituents is 1. The first-order chi connectivity index (χ1) is 12.0. The van der Waals surface area contributed by atoms with Crippen LogP contribution in [0, 0.1) is 19.8 Å². The summed E-state index contributed by atoms with van der Waals surface area (Å²) < 4.78 is 0. The summed E-state index contributed by atoms with van der Waals surface area (Å²) in [6.45, 7) is 4.96. The van der Waals surface area contributed by atoms with Gasteiger partial charge in [0.2, 0.25) is 0 Å². The number of piperidine rings is 1. The zero-order valence-electron chi connectivity index (χ0n) is 14.7. The van der Waals surface area contributed by atoms with Crippen LogP contribution < -0.4 is 0 Å². The highest BCUT2D eigenvalue weighted by Gasteiger charge is 2.29. The maximum Gasteiger partial charge on any atom is 0.257 e. The molecule has 1 N–H and O–H groups in total. The van der Waals surface area contributed by atoms with Gasteiger partial charge < -0.3 is 10.0 Å². The van der Waals surface area contributed by atoms with Crippen molar-refractivity contribution in [3.05, 3.63) is 64.7 Å². The minimum Gasteiger partial charge on any atom is -0.507 e. The molecule has 1 aliphatic rings. The Balaban J connectivity index is 1.65. The number of nitrogens with zero attached hydrogens (tertiary/aromatic N) is 1. The van der Waals surface area contributed by atoms with E-state index in [1.165, 1.54) is 0 Å². The third-order valence-corrected chi connectivity index (χ3v) is 4.87. The number of amides is 1. The van der Waals surface area contributed by atoms with Gasteiger partial charge in [0.25, 0.3) is 5.91 Å². The summed E-state index contributed by atoms with van der Waals surface area (Å²) in [5.74, 6) is -0.0424. The molecule has 0 aromatic heterocycles. The van der Waals surface area contributed by atoms with E-state index in [2.05, 4.69) is 0 Å². The number of carbonyl (C=O) groups excluding carboxylic acids is 2. The number of hydrogen-bond donors (Lipinski definition) is 1. The zero-order valence-corrected chi connectivity index (χ0v) is 14.7. The first-order valence-electron chi connectivity index (χ1n) is 8.65. The number of carbonyl (C=O) groups is 2. The smallest absolute Gasteiger partial charge is 0.257 e. The summed E-state index contributed by atoms with van der Waals surface area (Å²) >= 11 is 0. The molecule has 0 atom stereocenters. The maximum absolute atomic E-state index is 12.6. The molecule has 0 spiro atoms. The van der Waals surface area contributed by atoms with Crippen LogP contribution >= 0.6 is 0 Å². The summed E-state index contributed by atoms with van der Waals surface area (Å²) in [5.41, 5.74) is 3.15. The van der Waals surface area contributed by atoms with E-state index in [0.29, 0.717) is 31.5 Å². The predicted octanol–water partition coefficient (Wildman–Crippen LogP) is 3.74. The lowest BCUT2D eigenvalue weighted by Crippen LogP contribution is -2.40. The molecule has 1 saturated heterocycles. The summed E-state index contributed by atoms with van der Waals surface area (Å²) in [5, 5.41) is 9.95. The quantitative estimate of drug-likeness (QED) is 0.868. The van der Waals surface area contributed by atoms with Crippen LogP contribution in [0.5, 0.6) is 5.75 Å². The lowest BCUT2D eigenvalue weighted by Gasteiger charge is -2.31. The van der Waals surface area contributed by atoms with E-state index in [0.717, 1.165) is 16.7 Å². The molecule has 3 rings (SSSR count). The number of phenols is 1. The number of rotatable bonds is 3. The Kier molecular flexibility index (Phi) is 4.88. The minimum absolute atomic E-state index is 0.00783. The maximum atomic E-state index is 12.6. The molecule has 0 bridgehead atoms. The molecule has 130 valence electrons. The Morgan fingerprint density at radius 1 is 0.960 bits per heavy atom. The van der Waals surface area contributed by atoms with E-state index >= 15 is 0 Å². The molecule has 2 aromatic carbocycles. The molecular formula is C21H23NO3. The number of aryl methyl sites for hydroxylation is 2. The van der Waals surface area contributed by atoms with E-state index in [9.17, 15) is 14.7 Å². The van der Waals surface area contributed by atoms with Crippen molar-refractivity contribution < 1.29 is 14.7 Å². The molecule has 0 saturated carbocycles. The Labute approximate surface area is 148 Å². The van der Waals surface area contributed by atoms with Gasteiger partial charge in [-0.2, -0.15) is 0 Å². The van der Waals surface area contributed by atoms with Gasteiger partial charge in [-0.25, -0.2) is 0 Å². The van der Waals surface area contributed by atoms with Crippen LogP contribution in [0.4, 0.5) is 0 Å². The van der Waals surface area contributed by atoms with Crippen molar-refractivity contribution >= 4 is 11.7 Å².